The van der Waals surface area contributed by atoms with Crippen molar-refractivity contribution in [1.82, 2.24) is 0 Å². The number of rotatable bonds is 8. The lowest BCUT2D eigenvalue weighted by molar-refractivity contribution is -0.00744. The zero-order chi connectivity index (χ0) is 16.3. The van der Waals surface area contributed by atoms with Gasteiger partial charge in [-0.3, -0.25) is 4.57 Å². The van der Waals surface area contributed by atoms with E-state index in [1.54, 1.807) is 13.8 Å². The maximum atomic E-state index is 12.3. The molecule has 0 saturated carbocycles. The van der Waals surface area contributed by atoms with Crippen LogP contribution in [0.5, 0.6) is 0 Å². The molecule has 0 spiro atoms. The predicted octanol–water partition coefficient (Wildman–Crippen LogP) is 1.51. The van der Waals surface area contributed by atoms with E-state index in [1.807, 2.05) is 6.92 Å². The van der Waals surface area contributed by atoms with Crippen molar-refractivity contribution < 1.29 is 28.9 Å². The van der Waals surface area contributed by atoms with E-state index in [4.69, 9.17) is 17.1 Å². The number of aliphatic hydroxyl groups is 2. The van der Waals surface area contributed by atoms with Gasteiger partial charge in [0.1, 0.15) is 7.85 Å². The Morgan fingerprint density at radius 1 is 1.43 bits per heavy atom. The van der Waals surface area contributed by atoms with E-state index in [-0.39, 0.29) is 19.3 Å². The minimum atomic E-state index is -4.19. The molecule has 5 unspecified atom stereocenters. The van der Waals surface area contributed by atoms with Gasteiger partial charge in [0.15, 0.2) is 5.34 Å². The average molecular weight is 320 g/mol. The van der Waals surface area contributed by atoms with Gasteiger partial charge in [0.05, 0.1) is 18.3 Å². The molecule has 1 aliphatic rings. The van der Waals surface area contributed by atoms with Crippen LogP contribution in [0, 0.1) is 0 Å². The van der Waals surface area contributed by atoms with Crippen molar-refractivity contribution in [1.29, 1.82) is 0 Å². The average Bonchev–Trinajstić information content (AvgIpc) is 2.74. The normalized spacial score (nSPS) is 31.0. The summed E-state index contributed by atoms with van der Waals surface area (Å²) in [5.41, 5.74) is 0. The Bertz CT molecular complexity index is 376. The number of ether oxygens (including phenoxy) is 1. The second-order valence-corrected chi connectivity index (χ2v) is 7.68. The van der Waals surface area contributed by atoms with Gasteiger partial charge in [0.25, 0.3) is 0 Å². The van der Waals surface area contributed by atoms with Gasteiger partial charge in [-0.2, -0.15) is 0 Å². The molecule has 0 bridgehead atoms. The van der Waals surface area contributed by atoms with Crippen molar-refractivity contribution in [2.75, 3.05) is 0 Å². The largest absolute Gasteiger partial charge is 0.390 e. The lowest BCUT2D eigenvalue weighted by Crippen LogP contribution is -2.32. The molecule has 0 aromatic carbocycles. The molecule has 3 N–H and O–H groups in total. The molecule has 1 fully saturated rings. The first-order valence-corrected chi connectivity index (χ1v) is 9.09. The van der Waals surface area contributed by atoms with Crippen molar-refractivity contribution in [3.8, 4) is 0 Å². The molecule has 1 aliphatic heterocycles. The Labute approximate surface area is 127 Å². The van der Waals surface area contributed by atoms with Gasteiger partial charge >= 0.3 is 7.60 Å². The van der Waals surface area contributed by atoms with E-state index in [0.717, 1.165) is 0 Å². The smallest absolute Gasteiger partial charge is 0.359 e. The lowest BCUT2D eigenvalue weighted by Gasteiger charge is -2.33. The molecule has 0 aliphatic carbocycles. The van der Waals surface area contributed by atoms with Gasteiger partial charge in [-0.25, -0.2) is 0 Å². The highest BCUT2D eigenvalue weighted by Crippen LogP contribution is 2.58. The zero-order valence-electron chi connectivity index (χ0n) is 12.9. The molecule has 6 nitrogen and oxygen atoms in total. The third-order valence-corrected chi connectivity index (χ3v) is 6.42. The monoisotopic (exact) mass is 320 g/mol. The van der Waals surface area contributed by atoms with Crippen molar-refractivity contribution in [3.05, 3.63) is 0 Å². The molecule has 0 aromatic rings. The first-order chi connectivity index (χ1) is 9.69. The van der Waals surface area contributed by atoms with Gasteiger partial charge < -0.3 is 24.4 Å². The lowest BCUT2D eigenvalue weighted by atomic mass is 9.95. The highest BCUT2D eigenvalue weighted by atomic mass is 31.2. The van der Waals surface area contributed by atoms with Crippen LogP contribution in [-0.2, 0) is 13.8 Å². The third-order valence-electron chi connectivity index (χ3n) is 4.15. The van der Waals surface area contributed by atoms with Crippen molar-refractivity contribution >= 4 is 15.4 Å². The third kappa shape index (κ3) is 4.53. The van der Waals surface area contributed by atoms with E-state index in [1.165, 1.54) is 0 Å². The first kappa shape index (κ1) is 19.1. The SMILES string of the molecule is [B]C1CC(O)C(CC(CC)OP(=O)(O)C(O)(CC)CC)O1. The Morgan fingerprint density at radius 2 is 2.00 bits per heavy atom. The Kier molecular flexibility index (Phi) is 6.91. The first-order valence-electron chi connectivity index (χ1n) is 7.51. The fourth-order valence-corrected chi connectivity index (χ4v) is 4.10. The summed E-state index contributed by atoms with van der Waals surface area (Å²) in [4.78, 5) is 10.1. The van der Waals surface area contributed by atoms with Gasteiger partial charge in [-0.05, 0) is 25.7 Å². The topological polar surface area (TPSA) is 96.2 Å². The summed E-state index contributed by atoms with van der Waals surface area (Å²) in [5.74, 6) is 0. The van der Waals surface area contributed by atoms with E-state index >= 15 is 0 Å². The highest BCUT2D eigenvalue weighted by Gasteiger charge is 2.46. The standard InChI is InChI=1S/C13H26BO6P/c1-4-9(7-11-10(15)8-12(14)19-11)20-21(17,18)13(16,5-2)6-3/h9-12,15-16H,4-8H2,1-3H3,(H,17,18). The van der Waals surface area contributed by atoms with Crippen molar-refractivity contribution in [2.24, 2.45) is 0 Å². The van der Waals surface area contributed by atoms with Crippen molar-refractivity contribution in [2.45, 2.75) is 82.5 Å². The molecule has 8 heteroatoms. The Morgan fingerprint density at radius 3 is 2.38 bits per heavy atom. The highest BCUT2D eigenvalue weighted by molar-refractivity contribution is 7.54. The van der Waals surface area contributed by atoms with Crippen LogP contribution in [0.15, 0.2) is 0 Å². The summed E-state index contributed by atoms with van der Waals surface area (Å²) < 4.78 is 23.0. The summed E-state index contributed by atoms with van der Waals surface area (Å²) in [6, 6.07) is -0.522. The summed E-state index contributed by atoms with van der Waals surface area (Å²) in [5, 5.41) is 18.3. The Balaban J connectivity index is 2.71. The number of aliphatic hydroxyl groups excluding tert-OH is 1. The summed E-state index contributed by atoms with van der Waals surface area (Å²) in [6.45, 7) is 5.09. The molecule has 2 radical (unpaired) electrons. The predicted molar refractivity (Wildman–Crippen MR) is 80.2 cm³/mol. The molecule has 0 aromatic heterocycles. The Hall–Kier alpha value is 0.0949. The molecular weight excluding hydrogens is 294 g/mol. The number of hydrogen-bond acceptors (Lipinski definition) is 5. The minimum Gasteiger partial charge on any atom is -0.390 e. The molecule has 122 valence electrons. The van der Waals surface area contributed by atoms with Gasteiger partial charge in [0.2, 0.25) is 0 Å². The molecule has 1 heterocycles. The van der Waals surface area contributed by atoms with Crippen LogP contribution in [0.1, 0.15) is 52.9 Å². The fourth-order valence-electron chi connectivity index (χ4n) is 2.47. The molecule has 1 rings (SSSR count). The summed E-state index contributed by atoms with van der Waals surface area (Å²) >= 11 is 0. The maximum absolute atomic E-state index is 12.3. The zero-order valence-corrected chi connectivity index (χ0v) is 13.8. The molecular formula is C13H26BO6P. The van der Waals surface area contributed by atoms with Gasteiger partial charge in [0, 0.05) is 12.4 Å². The van der Waals surface area contributed by atoms with Crippen molar-refractivity contribution in [3.63, 3.8) is 0 Å². The molecule has 0 amide bonds. The van der Waals surface area contributed by atoms with E-state index in [9.17, 15) is 19.7 Å². The number of hydrogen-bond donors (Lipinski definition) is 3. The second-order valence-electron chi connectivity index (χ2n) is 5.60. The van der Waals surface area contributed by atoms with Gasteiger partial charge in [-0.15, -0.1) is 0 Å². The summed E-state index contributed by atoms with van der Waals surface area (Å²) in [6.07, 6.45) is -0.479. The summed E-state index contributed by atoms with van der Waals surface area (Å²) in [7, 11) is 1.41. The van der Waals surface area contributed by atoms with Crippen LogP contribution in [0.4, 0.5) is 0 Å². The van der Waals surface area contributed by atoms with E-state index < -0.39 is 37.3 Å². The second kappa shape index (κ2) is 7.58. The fraction of sp³-hybridized carbons (Fsp3) is 1.00. The molecule has 5 atom stereocenters. The molecule has 21 heavy (non-hydrogen) atoms. The molecule has 1 saturated heterocycles. The van der Waals surface area contributed by atoms with Crippen LogP contribution in [0.2, 0.25) is 0 Å². The van der Waals surface area contributed by atoms with Gasteiger partial charge in [-0.1, -0.05) is 20.8 Å². The van der Waals surface area contributed by atoms with E-state index in [2.05, 4.69) is 0 Å². The quantitative estimate of drug-likeness (QED) is 0.463. The minimum absolute atomic E-state index is 0.126. The van der Waals surface area contributed by atoms with Crippen LogP contribution in [0.3, 0.4) is 0 Å². The maximum Gasteiger partial charge on any atom is 0.359 e. The van der Waals surface area contributed by atoms with E-state index in [0.29, 0.717) is 12.8 Å². The van der Waals surface area contributed by atoms with Crippen LogP contribution >= 0.6 is 7.60 Å². The van der Waals surface area contributed by atoms with Crippen LogP contribution in [0.25, 0.3) is 0 Å². The van der Waals surface area contributed by atoms with Crippen LogP contribution in [-0.4, -0.2) is 52.6 Å². The van der Waals surface area contributed by atoms with Crippen LogP contribution < -0.4 is 0 Å².